The summed E-state index contributed by atoms with van der Waals surface area (Å²) in [5, 5.41) is 14.9. The molecule has 3 fully saturated rings. The Hall–Kier alpha value is -0.870. The van der Waals surface area contributed by atoms with Gasteiger partial charge in [0.25, 0.3) is 0 Å². The summed E-state index contributed by atoms with van der Waals surface area (Å²) in [4.78, 5) is 8.21. The van der Waals surface area contributed by atoms with Gasteiger partial charge in [0.15, 0.2) is 0 Å². The largest absolute Gasteiger partial charge is 0.394 e. The first-order chi connectivity index (χ1) is 13.9. The molecular formula is C25H42N2O2. The van der Waals surface area contributed by atoms with E-state index in [0.29, 0.717) is 12.0 Å². The lowest BCUT2D eigenvalue weighted by Crippen LogP contribution is -2.50. The Morgan fingerprint density at radius 3 is 2.59 bits per heavy atom. The number of aliphatic hydroxyl groups excluding tert-OH is 1. The average Bonchev–Trinajstić information content (AvgIpc) is 3.05. The molecule has 0 spiro atoms. The van der Waals surface area contributed by atoms with Gasteiger partial charge in [-0.1, -0.05) is 44.5 Å². The molecule has 0 aromatic carbocycles. The molecule has 6 atom stereocenters. The van der Waals surface area contributed by atoms with Crippen molar-refractivity contribution in [2.24, 2.45) is 33.7 Å². The number of fused-ring (bicyclic) bond motifs is 5. The Bertz CT molecular complexity index is 655. The molecule has 4 nitrogen and oxygen atoms in total. The van der Waals surface area contributed by atoms with Crippen molar-refractivity contribution in [2.45, 2.75) is 85.2 Å². The number of aliphatic hydroxyl groups is 1. The van der Waals surface area contributed by atoms with Crippen LogP contribution in [0.1, 0.15) is 79.1 Å². The highest BCUT2D eigenvalue weighted by Crippen LogP contribution is 2.64. The van der Waals surface area contributed by atoms with Crippen LogP contribution < -0.4 is 0 Å². The van der Waals surface area contributed by atoms with Crippen molar-refractivity contribution in [3.05, 3.63) is 11.6 Å². The highest BCUT2D eigenvalue weighted by Gasteiger charge is 2.58. The second-order valence-corrected chi connectivity index (χ2v) is 10.5. The highest BCUT2D eigenvalue weighted by atomic mass is 16.6. The van der Waals surface area contributed by atoms with Gasteiger partial charge < -0.3 is 14.8 Å². The molecule has 6 unspecified atom stereocenters. The standard InChI is InChI=1S/C25H42N2O2/c1-5-27(6-2)15-16-29-26-23-10-9-21-20-8-7-18-17-19(28)11-13-24(18,3)22(20)12-14-25(21,23)4/h7,19-22,28H,5-6,8-17H2,1-4H3/b26-23+. The molecule has 4 aliphatic rings. The summed E-state index contributed by atoms with van der Waals surface area (Å²) in [6.07, 6.45) is 11.6. The molecule has 1 N–H and O–H groups in total. The lowest BCUT2D eigenvalue weighted by atomic mass is 9.48. The predicted molar refractivity (Wildman–Crippen MR) is 119 cm³/mol. The Morgan fingerprint density at radius 2 is 1.83 bits per heavy atom. The third kappa shape index (κ3) is 3.69. The van der Waals surface area contributed by atoms with E-state index >= 15 is 0 Å². The van der Waals surface area contributed by atoms with Gasteiger partial charge in [0.2, 0.25) is 0 Å². The maximum atomic E-state index is 10.2. The quantitative estimate of drug-likeness (QED) is 0.385. The Balaban J connectivity index is 1.45. The van der Waals surface area contributed by atoms with E-state index < -0.39 is 0 Å². The average molecular weight is 403 g/mol. The van der Waals surface area contributed by atoms with Gasteiger partial charge in [-0.05, 0) is 87.6 Å². The second-order valence-electron chi connectivity index (χ2n) is 10.5. The maximum Gasteiger partial charge on any atom is 0.129 e. The van der Waals surface area contributed by atoms with Crippen molar-refractivity contribution in [1.82, 2.24) is 4.90 Å². The van der Waals surface area contributed by atoms with Gasteiger partial charge >= 0.3 is 0 Å². The third-order valence-corrected chi connectivity index (χ3v) is 9.39. The van der Waals surface area contributed by atoms with Gasteiger partial charge in [0.1, 0.15) is 6.61 Å². The summed E-state index contributed by atoms with van der Waals surface area (Å²) in [5.74, 6) is 2.31. The second kappa shape index (κ2) is 8.34. The van der Waals surface area contributed by atoms with Gasteiger partial charge in [-0.15, -0.1) is 0 Å². The van der Waals surface area contributed by atoms with Crippen molar-refractivity contribution in [1.29, 1.82) is 0 Å². The van der Waals surface area contributed by atoms with E-state index in [-0.39, 0.29) is 11.5 Å². The van der Waals surface area contributed by atoms with E-state index in [2.05, 4.69) is 38.7 Å². The van der Waals surface area contributed by atoms with Crippen LogP contribution >= 0.6 is 0 Å². The Morgan fingerprint density at radius 1 is 1.10 bits per heavy atom. The smallest absolute Gasteiger partial charge is 0.129 e. The fraction of sp³-hybridized carbons (Fsp3) is 0.880. The number of allylic oxidation sites excluding steroid dienone is 1. The monoisotopic (exact) mass is 402 g/mol. The normalized spacial score (nSPS) is 43.0. The minimum Gasteiger partial charge on any atom is -0.394 e. The van der Waals surface area contributed by atoms with Crippen LogP contribution in [0, 0.1) is 28.6 Å². The van der Waals surface area contributed by atoms with Gasteiger partial charge in [0, 0.05) is 12.0 Å². The molecule has 0 bridgehead atoms. The molecule has 0 aromatic rings. The number of rotatable bonds is 6. The molecular weight excluding hydrogens is 360 g/mol. The fourth-order valence-electron chi connectivity index (χ4n) is 7.41. The first-order valence-corrected chi connectivity index (χ1v) is 12.2. The van der Waals surface area contributed by atoms with Crippen molar-refractivity contribution >= 4 is 5.71 Å². The van der Waals surface area contributed by atoms with Crippen LogP contribution in [-0.2, 0) is 4.84 Å². The molecule has 0 aromatic heterocycles. The van der Waals surface area contributed by atoms with Crippen LogP contribution in [0.4, 0.5) is 0 Å². The molecule has 0 amide bonds. The van der Waals surface area contributed by atoms with Crippen LogP contribution in [0.2, 0.25) is 0 Å². The van der Waals surface area contributed by atoms with Gasteiger partial charge in [-0.25, -0.2) is 0 Å². The lowest BCUT2D eigenvalue weighted by Gasteiger charge is -2.57. The summed E-state index contributed by atoms with van der Waals surface area (Å²) >= 11 is 0. The molecule has 4 aliphatic carbocycles. The molecule has 4 rings (SSSR count). The third-order valence-electron chi connectivity index (χ3n) is 9.39. The zero-order chi connectivity index (χ0) is 20.6. The number of oxime groups is 1. The van der Waals surface area contributed by atoms with Crippen LogP contribution in [-0.4, -0.2) is 48.1 Å². The molecule has 3 saturated carbocycles. The van der Waals surface area contributed by atoms with Gasteiger partial charge in [0.05, 0.1) is 11.8 Å². The van der Waals surface area contributed by atoms with Crippen molar-refractivity contribution in [3.8, 4) is 0 Å². The molecule has 164 valence electrons. The number of likely N-dealkylation sites (N-methyl/N-ethyl adjacent to an activating group) is 1. The minimum atomic E-state index is -0.113. The predicted octanol–water partition coefficient (Wildman–Crippen LogP) is 5.02. The first kappa shape index (κ1) is 21.4. The van der Waals surface area contributed by atoms with Crippen LogP contribution in [0.15, 0.2) is 16.8 Å². The topological polar surface area (TPSA) is 45.1 Å². The minimum absolute atomic E-state index is 0.113. The van der Waals surface area contributed by atoms with Gasteiger partial charge in [-0.2, -0.15) is 0 Å². The maximum absolute atomic E-state index is 10.2. The van der Waals surface area contributed by atoms with Crippen molar-refractivity contribution in [2.75, 3.05) is 26.2 Å². The van der Waals surface area contributed by atoms with E-state index in [0.717, 1.165) is 56.7 Å². The van der Waals surface area contributed by atoms with E-state index in [1.807, 2.05) is 0 Å². The summed E-state index contributed by atoms with van der Waals surface area (Å²) in [7, 11) is 0. The summed E-state index contributed by atoms with van der Waals surface area (Å²) < 4.78 is 0. The molecule has 0 saturated heterocycles. The van der Waals surface area contributed by atoms with Gasteiger partial charge in [-0.3, -0.25) is 0 Å². The molecule has 0 heterocycles. The Labute approximate surface area is 177 Å². The zero-order valence-electron chi connectivity index (χ0n) is 19.1. The lowest BCUT2D eigenvalue weighted by molar-refractivity contribution is -0.0217. The first-order valence-electron chi connectivity index (χ1n) is 12.2. The molecule has 4 heteroatoms. The number of hydrogen-bond donors (Lipinski definition) is 1. The summed E-state index contributed by atoms with van der Waals surface area (Å²) in [6, 6.07) is 0. The highest BCUT2D eigenvalue weighted by molar-refractivity contribution is 5.92. The van der Waals surface area contributed by atoms with E-state index in [4.69, 9.17) is 9.99 Å². The van der Waals surface area contributed by atoms with E-state index in [1.165, 1.54) is 37.8 Å². The summed E-state index contributed by atoms with van der Waals surface area (Å²) in [5.41, 5.74) is 3.45. The van der Waals surface area contributed by atoms with Crippen LogP contribution in [0.3, 0.4) is 0 Å². The Kier molecular flexibility index (Phi) is 6.14. The van der Waals surface area contributed by atoms with E-state index in [9.17, 15) is 5.11 Å². The fourth-order valence-corrected chi connectivity index (χ4v) is 7.41. The molecule has 0 aliphatic heterocycles. The van der Waals surface area contributed by atoms with E-state index in [1.54, 1.807) is 5.57 Å². The molecule has 29 heavy (non-hydrogen) atoms. The SMILES string of the molecule is CCN(CC)CCO/N=C1\CCC2C3CC=C4CC(O)CCC4(C)C3CCC12C. The molecule has 0 radical (unpaired) electrons. The number of nitrogens with zero attached hydrogens (tertiary/aromatic N) is 2. The van der Waals surface area contributed by atoms with Crippen LogP contribution in [0.5, 0.6) is 0 Å². The summed E-state index contributed by atoms with van der Waals surface area (Å²) in [6.45, 7) is 13.2. The zero-order valence-corrected chi connectivity index (χ0v) is 19.1. The van der Waals surface area contributed by atoms with Crippen LogP contribution in [0.25, 0.3) is 0 Å². The van der Waals surface area contributed by atoms with Crippen molar-refractivity contribution < 1.29 is 9.94 Å². The van der Waals surface area contributed by atoms with Crippen molar-refractivity contribution in [3.63, 3.8) is 0 Å². The number of hydrogen-bond acceptors (Lipinski definition) is 4.